The minimum absolute atomic E-state index is 0.392. The van der Waals surface area contributed by atoms with Gasteiger partial charge in [0.05, 0.1) is 11.2 Å². The Kier molecular flexibility index (Phi) is 5.60. The van der Waals surface area contributed by atoms with E-state index in [1.165, 1.54) is 0 Å². The molecule has 7 heteroatoms. The molecule has 7 rings (SSSR count). The van der Waals surface area contributed by atoms with Gasteiger partial charge in [-0.3, -0.25) is 4.40 Å². The van der Waals surface area contributed by atoms with Crippen LogP contribution < -0.4 is 11.1 Å². The van der Waals surface area contributed by atoms with Gasteiger partial charge in [-0.25, -0.2) is 15.0 Å². The number of fused-ring (bicyclic) bond motifs is 2. The normalized spacial score (nSPS) is 20.3. The van der Waals surface area contributed by atoms with Gasteiger partial charge >= 0.3 is 0 Å². The van der Waals surface area contributed by atoms with Gasteiger partial charge in [-0.05, 0) is 37.8 Å². The van der Waals surface area contributed by atoms with E-state index in [-0.39, 0.29) is 0 Å². The zero-order chi connectivity index (χ0) is 24.8. The van der Waals surface area contributed by atoms with Crippen LogP contribution in [0.15, 0.2) is 73.1 Å². The highest BCUT2D eigenvalue weighted by Gasteiger charge is 2.35. The number of nitrogens with zero attached hydrogens (tertiary/aromatic N) is 4. The number of nitrogens with one attached hydrogen (secondary N) is 1. The van der Waals surface area contributed by atoms with Crippen molar-refractivity contribution in [2.75, 3.05) is 18.9 Å². The number of anilines is 1. The third kappa shape index (κ3) is 4.14. The lowest BCUT2D eigenvalue weighted by Gasteiger charge is -2.38. The average Bonchev–Trinajstić information content (AvgIpc) is 3.31. The molecule has 0 bridgehead atoms. The van der Waals surface area contributed by atoms with Crippen molar-refractivity contribution in [3.63, 3.8) is 0 Å². The van der Waals surface area contributed by atoms with Crippen molar-refractivity contribution in [2.45, 2.75) is 43.7 Å². The molecule has 5 aromatic rings. The largest absolute Gasteiger partial charge is 0.382 e. The van der Waals surface area contributed by atoms with Crippen LogP contribution in [-0.2, 0) is 4.74 Å². The highest BCUT2D eigenvalue weighted by molar-refractivity contribution is 5.91. The van der Waals surface area contributed by atoms with Gasteiger partial charge in [0.2, 0.25) is 0 Å². The van der Waals surface area contributed by atoms with Crippen molar-refractivity contribution in [2.24, 2.45) is 0 Å². The van der Waals surface area contributed by atoms with Crippen molar-refractivity contribution < 1.29 is 4.74 Å². The van der Waals surface area contributed by atoms with E-state index in [2.05, 4.69) is 57.2 Å². The maximum Gasteiger partial charge on any atom is 0.150 e. The van der Waals surface area contributed by atoms with Gasteiger partial charge in [0.25, 0.3) is 0 Å². The molecule has 1 saturated carbocycles. The maximum absolute atomic E-state index is 6.42. The second kappa shape index (κ2) is 9.25. The number of benzene rings is 2. The highest BCUT2D eigenvalue weighted by atomic mass is 16.5. The van der Waals surface area contributed by atoms with Crippen LogP contribution in [0.25, 0.3) is 38.9 Å². The molecule has 4 heterocycles. The standard InChI is InChI=1S/C30H30N6O/c31-29-28-27(21-7-6-20-8-9-25(34-26(20)18-21)19-4-2-1-3-5-19)35-30(36(28)13-12-32-29)22-16-24(17-22)33-23-10-14-37-15-11-23/h1-9,12-13,18,22-24,33H,10-11,14-17H2,(H2,31,32)/t22-,24+. The van der Waals surface area contributed by atoms with E-state index < -0.39 is 0 Å². The molecule has 0 radical (unpaired) electrons. The lowest BCUT2D eigenvalue weighted by molar-refractivity contribution is 0.0695. The highest BCUT2D eigenvalue weighted by Crippen LogP contribution is 2.40. The Labute approximate surface area is 215 Å². The van der Waals surface area contributed by atoms with Crippen molar-refractivity contribution in [1.29, 1.82) is 0 Å². The molecule has 2 aromatic carbocycles. The molecule has 7 nitrogen and oxygen atoms in total. The summed E-state index contributed by atoms with van der Waals surface area (Å²) in [6, 6.07) is 21.9. The van der Waals surface area contributed by atoms with Gasteiger partial charge in [-0.1, -0.05) is 48.5 Å². The van der Waals surface area contributed by atoms with E-state index in [0.717, 1.165) is 83.7 Å². The third-order valence-corrected chi connectivity index (χ3v) is 7.84. The number of pyridine rings is 1. The quantitative estimate of drug-likeness (QED) is 0.352. The van der Waals surface area contributed by atoms with E-state index in [1.54, 1.807) is 6.20 Å². The Bertz CT molecular complexity index is 1570. The molecule has 0 amide bonds. The molecule has 3 aromatic heterocycles. The Morgan fingerprint density at radius 1 is 0.892 bits per heavy atom. The fourth-order valence-corrected chi connectivity index (χ4v) is 5.77. The van der Waals surface area contributed by atoms with Gasteiger partial charge in [0.15, 0.2) is 0 Å². The van der Waals surface area contributed by atoms with Crippen LogP contribution in [0.5, 0.6) is 0 Å². The number of aromatic nitrogens is 4. The summed E-state index contributed by atoms with van der Waals surface area (Å²) in [7, 11) is 0. The summed E-state index contributed by atoms with van der Waals surface area (Å²) in [5.41, 5.74) is 12.2. The maximum atomic E-state index is 6.42. The van der Waals surface area contributed by atoms with E-state index in [1.807, 2.05) is 24.4 Å². The molecule has 2 fully saturated rings. The summed E-state index contributed by atoms with van der Waals surface area (Å²) in [4.78, 5) is 14.5. The van der Waals surface area contributed by atoms with Crippen LogP contribution >= 0.6 is 0 Å². The molecule has 0 atom stereocenters. The number of ether oxygens (including phenoxy) is 1. The lowest BCUT2D eigenvalue weighted by Crippen LogP contribution is -2.47. The predicted octanol–water partition coefficient (Wildman–Crippen LogP) is 5.21. The Hall–Kier alpha value is -3.81. The molecule has 1 aliphatic heterocycles. The Morgan fingerprint density at radius 3 is 2.54 bits per heavy atom. The van der Waals surface area contributed by atoms with Gasteiger partial charge in [-0.2, -0.15) is 0 Å². The molecular formula is C30H30N6O. The summed E-state index contributed by atoms with van der Waals surface area (Å²) in [6.07, 6.45) is 8.12. The first-order valence-corrected chi connectivity index (χ1v) is 13.2. The molecular weight excluding hydrogens is 460 g/mol. The first-order chi connectivity index (χ1) is 18.2. The van der Waals surface area contributed by atoms with Crippen molar-refractivity contribution >= 4 is 22.2 Å². The summed E-state index contributed by atoms with van der Waals surface area (Å²) in [5, 5.41) is 4.93. The average molecular weight is 491 g/mol. The number of rotatable bonds is 5. The first-order valence-electron chi connectivity index (χ1n) is 13.2. The summed E-state index contributed by atoms with van der Waals surface area (Å²) < 4.78 is 7.65. The first kappa shape index (κ1) is 22.4. The molecule has 0 unspecified atom stereocenters. The molecule has 0 spiro atoms. The molecule has 37 heavy (non-hydrogen) atoms. The molecule has 1 saturated heterocycles. The van der Waals surface area contributed by atoms with E-state index in [9.17, 15) is 0 Å². The van der Waals surface area contributed by atoms with Crippen LogP contribution in [0, 0.1) is 0 Å². The number of hydrogen-bond acceptors (Lipinski definition) is 6. The van der Waals surface area contributed by atoms with Gasteiger partial charge in [-0.15, -0.1) is 0 Å². The van der Waals surface area contributed by atoms with Crippen molar-refractivity contribution in [3.8, 4) is 22.5 Å². The van der Waals surface area contributed by atoms with Crippen LogP contribution in [-0.4, -0.2) is 44.7 Å². The minimum Gasteiger partial charge on any atom is -0.382 e. The minimum atomic E-state index is 0.392. The smallest absolute Gasteiger partial charge is 0.150 e. The number of nitrogen functional groups attached to an aromatic ring is 1. The lowest BCUT2D eigenvalue weighted by atomic mass is 9.79. The number of hydrogen-bond donors (Lipinski definition) is 2. The molecule has 2 aliphatic rings. The van der Waals surface area contributed by atoms with Crippen molar-refractivity contribution in [1.82, 2.24) is 24.7 Å². The Morgan fingerprint density at radius 2 is 1.70 bits per heavy atom. The summed E-state index contributed by atoms with van der Waals surface area (Å²) >= 11 is 0. The van der Waals surface area contributed by atoms with E-state index in [4.69, 9.17) is 20.4 Å². The SMILES string of the molecule is Nc1nccn2c1c(-c1ccc3ccc(-c4ccccc4)nc3c1)nc2[C@H]1C[C@@H](NC2CCOCC2)C1. The summed E-state index contributed by atoms with van der Waals surface area (Å²) in [6.45, 7) is 1.73. The monoisotopic (exact) mass is 490 g/mol. The fraction of sp³-hybridized carbons (Fsp3) is 0.300. The molecule has 1 aliphatic carbocycles. The topological polar surface area (TPSA) is 90.4 Å². The van der Waals surface area contributed by atoms with E-state index >= 15 is 0 Å². The number of nitrogens with two attached hydrogens (primary N) is 1. The van der Waals surface area contributed by atoms with Crippen LogP contribution in [0.1, 0.15) is 37.4 Å². The van der Waals surface area contributed by atoms with Crippen LogP contribution in [0.3, 0.4) is 0 Å². The van der Waals surface area contributed by atoms with Crippen LogP contribution in [0.4, 0.5) is 5.82 Å². The summed E-state index contributed by atoms with van der Waals surface area (Å²) in [5.74, 6) is 1.96. The molecule has 3 N–H and O–H groups in total. The predicted molar refractivity (Wildman–Crippen MR) is 146 cm³/mol. The second-order valence-electron chi connectivity index (χ2n) is 10.2. The van der Waals surface area contributed by atoms with E-state index in [0.29, 0.717) is 23.8 Å². The second-order valence-corrected chi connectivity index (χ2v) is 10.2. The number of imidazole rings is 1. The van der Waals surface area contributed by atoms with Gasteiger partial charge in [0, 0.05) is 60.1 Å². The van der Waals surface area contributed by atoms with Gasteiger partial charge < -0.3 is 15.8 Å². The van der Waals surface area contributed by atoms with Crippen LogP contribution in [0.2, 0.25) is 0 Å². The third-order valence-electron chi connectivity index (χ3n) is 7.84. The van der Waals surface area contributed by atoms with Gasteiger partial charge in [0.1, 0.15) is 22.9 Å². The fourth-order valence-electron chi connectivity index (χ4n) is 5.77. The zero-order valence-corrected chi connectivity index (χ0v) is 20.7. The molecule has 186 valence electrons. The Balaban J connectivity index is 1.22. The van der Waals surface area contributed by atoms with Crippen molar-refractivity contribution in [3.05, 3.63) is 78.9 Å². The zero-order valence-electron chi connectivity index (χ0n) is 20.7.